The van der Waals surface area contributed by atoms with Crippen LogP contribution in [0.4, 0.5) is 4.39 Å². The van der Waals surface area contributed by atoms with Crippen LogP contribution in [0.3, 0.4) is 0 Å². The molecule has 1 aliphatic rings. The van der Waals surface area contributed by atoms with Crippen molar-refractivity contribution in [2.75, 3.05) is 6.61 Å². The largest absolute Gasteiger partial charge is 0.394 e. The van der Waals surface area contributed by atoms with Crippen molar-refractivity contribution >= 4 is 0 Å². The van der Waals surface area contributed by atoms with Gasteiger partial charge in [-0.3, -0.25) is 0 Å². The Balaban J connectivity index is 2.04. The number of nitrogens with zero attached hydrogens (tertiary/aromatic N) is 1. The summed E-state index contributed by atoms with van der Waals surface area (Å²) in [6.45, 7) is 2.38. The topological polar surface area (TPSA) is 56.0 Å². The molecule has 1 unspecified atom stereocenters. The van der Waals surface area contributed by atoms with Gasteiger partial charge in [-0.25, -0.2) is 4.39 Å². The molecule has 0 aliphatic heterocycles. The van der Waals surface area contributed by atoms with Gasteiger partial charge in [0.1, 0.15) is 5.82 Å². The second kappa shape index (κ2) is 5.05. The molecule has 1 fully saturated rings. The van der Waals surface area contributed by atoms with Crippen molar-refractivity contribution in [2.45, 2.75) is 31.8 Å². The third kappa shape index (κ3) is 2.69. The quantitative estimate of drug-likeness (QED) is 0.837. The third-order valence-electron chi connectivity index (χ3n) is 3.67. The molecular formula is C14H17FN2O. The van der Waals surface area contributed by atoms with Gasteiger partial charge in [0.2, 0.25) is 0 Å². The summed E-state index contributed by atoms with van der Waals surface area (Å²) >= 11 is 0. The molecule has 0 saturated heterocycles. The number of nitriles is 1. The number of aliphatic hydroxyl groups excluding tert-OH is 1. The van der Waals surface area contributed by atoms with E-state index in [4.69, 9.17) is 5.26 Å². The molecule has 1 aliphatic carbocycles. The molecule has 96 valence electrons. The number of aliphatic hydroxyl groups is 1. The molecule has 1 aromatic rings. The normalized spacial score (nSPS) is 18.1. The van der Waals surface area contributed by atoms with E-state index in [0.717, 1.165) is 12.8 Å². The molecule has 3 nitrogen and oxygen atoms in total. The smallest absolute Gasteiger partial charge is 0.129 e. The molecule has 1 saturated carbocycles. The van der Waals surface area contributed by atoms with Gasteiger partial charge in [0, 0.05) is 17.6 Å². The average molecular weight is 248 g/mol. The Kier molecular flexibility index (Phi) is 3.65. The molecule has 0 radical (unpaired) electrons. The standard InChI is InChI=1S/C14H17FN2O/c1-14(9-18,12-4-5-12)17-8-11-3-2-10(7-16)6-13(11)15/h2-3,6,12,17-18H,4-5,8-9H2,1H3. The van der Waals surface area contributed by atoms with Crippen LogP contribution in [0, 0.1) is 23.1 Å². The number of nitrogens with one attached hydrogen (secondary N) is 1. The highest BCUT2D eigenvalue weighted by Gasteiger charge is 2.40. The predicted octanol–water partition coefficient (Wildman–Crippen LogP) is 1.95. The lowest BCUT2D eigenvalue weighted by molar-refractivity contribution is 0.153. The van der Waals surface area contributed by atoms with Gasteiger partial charge in [-0.05, 0) is 37.8 Å². The molecule has 0 bridgehead atoms. The second-order valence-corrected chi connectivity index (χ2v) is 5.12. The average Bonchev–Trinajstić information content (AvgIpc) is 3.21. The SMILES string of the molecule is CC(CO)(NCc1ccc(C#N)cc1F)C1CC1. The van der Waals surface area contributed by atoms with Crippen molar-refractivity contribution in [3.8, 4) is 6.07 Å². The minimum atomic E-state index is -0.377. The minimum Gasteiger partial charge on any atom is -0.394 e. The summed E-state index contributed by atoms with van der Waals surface area (Å²) in [5.74, 6) is 0.0987. The first-order valence-corrected chi connectivity index (χ1v) is 6.13. The van der Waals surface area contributed by atoms with Crippen LogP contribution in [0.15, 0.2) is 18.2 Å². The second-order valence-electron chi connectivity index (χ2n) is 5.12. The zero-order chi connectivity index (χ0) is 13.2. The van der Waals surface area contributed by atoms with Crippen LogP contribution in [0.25, 0.3) is 0 Å². The van der Waals surface area contributed by atoms with E-state index in [1.54, 1.807) is 12.1 Å². The summed E-state index contributed by atoms with van der Waals surface area (Å²) < 4.78 is 13.7. The Bertz CT molecular complexity index is 479. The first-order valence-electron chi connectivity index (χ1n) is 6.13. The molecule has 2 N–H and O–H groups in total. The first kappa shape index (κ1) is 13.0. The van der Waals surface area contributed by atoms with Gasteiger partial charge in [0.05, 0.1) is 18.2 Å². The molecule has 0 aromatic heterocycles. The first-order chi connectivity index (χ1) is 8.59. The van der Waals surface area contributed by atoms with Crippen LogP contribution in [-0.4, -0.2) is 17.3 Å². The van der Waals surface area contributed by atoms with Crippen LogP contribution >= 0.6 is 0 Å². The molecule has 1 atom stereocenters. The lowest BCUT2D eigenvalue weighted by Gasteiger charge is -2.29. The molecule has 4 heteroatoms. The summed E-state index contributed by atoms with van der Waals surface area (Å²) in [7, 11) is 0. The van der Waals surface area contributed by atoms with Crippen molar-refractivity contribution in [2.24, 2.45) is 5.92 Å². The van der Waals surface area contributed by atoms with Gasteiger partial charge in [-0.15, -0.1) is 0 Å². The van der Waals surface area contributed by atoms with E-state index in [-0.39, 0.29) is 18.0 Å². The maximum atomic E-state index is 13.7. The van der Waals surface area contributed by atoms with E-state index in [1.165, 1.54) is 6.07 Å². The highest BCUT2D eigenvalue weighted by Crippen LogP contribution is 2.39. The van der Waals surface area contributed by atoms with E-state index < -0.39 is 0 Å². The van der Waals surface area contributed by atoms with Gasteiger partial charge in [-0.2, -0.15) is 5.26 Å². The lowest BCUT2D eigenvalue weighted by atomic mass is 9.96. The fourth-order valence-electron chi connectivity index (χ4n) is 2.11. The molecule has 0 heterocycles. The molecular weight excluding hydrogens is 231 g/mol. The summed E-state index contributed by atoms with van der Waals surface area (Å²) in [5, 5.41) is 21.3. The Hall–Kier alpha value is -1.44. The number of rotatable bonds is 5. The van der Waals surface area contributed by atoms with Gasteiger partial charge in [0.15, 0.2) is 0 Å². The molecule has 18 heavy (non-hydrogen) atoms. The van der Waals surface area contributed by atoms with Crippen molar-refractivity contribution < 1.29 is 9.50 Å². The van der Waals surface area contributed by atoms with Crippen LogP contribution in [0.1, 0.15) is 30.9 Å². The highest BCUT2D eigenvalue weighted by atomic mass is 19.1. The Morgan fingerprint density at radius 3 is 2.78 bits per heavy atom. The summed E-state index contributed by atoms with van der Waals surface area (Å²) in [6.07, 6.45) is 2.22. The Labute approximate surface area is 106 Å². The van der Waals surface area contributed by atoms with Crippen molar-refractivity contribution in [1.82, 2.24) is 5.32 Å². The molecule has 1 aromatic carbocycles. The van der Waals surface area contributed by atoms with E-state index in [2.05, 4.69) is 5.32 Å². The molecule has 0 amide bonds. The monoisotopic (exact) mass is 248 g/mol. The van der Waals surface area contributed by atoms with E-state index >= 15 is 0 Å². The number of halogens is 1. The van der Waals surface area contributed by atoms with Crippen LogP contribution in [0.5, 0.6) is 0 Å². The third-order valence-corrected chi connectivity index (χ3v) is 3.67. The molecule has 0 spiro atoms. The molecule has 2 rings (SSSR count). The number of hydrogen-bond donors (Lipinski definition) is 2. The van der Waals surface area contributed by atoms with Crippen molar-refractivity contribution in [3.63, 3.8) is 0 Å². The van der Waals surface area contributed by atoms with E-state index in [0.29, 0.717) is 23.6 Å². The number of benzene rings is 1. The minimum absolute atomic E-state index is 0.0512. The predicted molar refractivity (Wildman–Crippen MR) is 66.2 cm³/mol. The van der Waals surface area contributed by atoms with Crippen LogP contribution < -0.4 is 5.32 Å². The highest BCUT2D eigenvalue weighted by molar-refractivity contribution is 5.32. The zero-order valence-electron chi connectivity index (χ0n) is 10.4. The van der Waals surface area contributed by atoms with Crippen molar-refractivity contribution in [1.29, 1.82) is 5.26 Å². The van der Waals surface area contributed by atoms with Gasteiger partial charge < -0.3 is 10.4 Å². The number of hydrogen-bond acceptors (Lipinski definition) is 3. The summed E-state index contributed by atoms with van der Waals surface area (Å²) in [5.41, 5.74) is 0.512. The van der Waals surface area contributed by atoms with E-state index in [9.17, 15) is 9.50 Å². The Morgan fingerprint density at radius 2 is 2.28 bits per heavy atom. The lowest BCUT2D eigenvalue weighted by Crippen LogP contribution is -2.47. The zero-order valence-corrected chi connectivity index (χ0v) is 10.4. The summed E-state index contributed by atoms with van der Waals surface area (Å²) in [4.78, 5) is 0. The fourth-order valence-corrected chi connectivity index (χ4v) is 2.11. The van der Waals surface area contributed by atoms with Crippen molar-refractivity contribution in [3.05, 3.63) is 35.1 Å². The van der Waals surface area contributed by atoms with Gasteiger partial charge >= 0.3 is 0 Å². The van der Waals surface area contributed by atoms with Crippen LogP contribution in [-0.2, 0) is 6.54 Å². The van der Waals surface area contributed by atoms with E-state index in [1.807, 2.05) is 13.0 Å². The van der Waals surface area contributed by atoms with Crippen LogP contribution in [0.2, 0.25) is 0 Å². The summed E-state index contributed by atoms with van der Waals surface area (Å²) in [6, 6.07) is 6.37. The fraction of sp³-hybridized carbons (Fsp3) is 0.500. The Morgan fingerprint density at radius 1 is 1.56 bits per heavy atom. The maximum absolute atomic E-state index is 13.7. The van der Waals surface area contributed by atoms with Gasteiger partial charge in [0.25, 0.3) is 0 Å². The van der Waals surface area contributed by atoms with Gasteiger partial charge in [-0.1, -0.05) is 6.07 Å². The maximum Gasteiger partial charge on any atom is 0.129 e.